The van der Waals surface area contributed by atoms with Gasteiger partial charge in [0.25, 0.3) is 0 Å². The fourth-order valence-corrected chi connectivity index (χ4v) is 2.66. The summed E-state index contributed by atoms with van der Waals surface area (Å²) < 4.78 is 2.17. The molecule has 0 radical (unpaired) electrons. The predicted octanol–water partition coefficient (Wildman–Crippen LogP) is 8.13. The molecule has 0 saturated heterocycles. The summed E-state index contributed by atoms with van der Waals surface area (Å²) in [6, 6.07) is 6.56. The number of fused-ring (bicyclic) bond motifs is 1. The van der Waals surface area contributed by atoms with Crippen LogP contribution in [0.25, 0.3) is 28.6 Å². The Balaban J connectivity index is 0. The smallest absolute Gasteiger partial charge is 0.0494 e. The van der Waals surface area contributed by atoms with Gasteiger partial charge in [0.15, 0.2) is 0 Å². The van der Waals surface area contributed by atoms with Crippen LogP contribution in [0.4, 0.5) is 0 Å². The molecule has 0 amide bonds. The molecule has 1 heteroatoms. The second-order valence-corrected chi connectivity index (χ2v) is 4.74. The lowest BCUT2D eigenvalue weighted by Crippen LogP contribution is -1.91. The lowest BCUT2D eigenvalue weighted by Gasteiger charge is -2.04. The quantitative estimate of drug-likeness (QED) is 0.495. The monoisotopic (exact) mass is 339 g/mol. The van der Waals surface area contributed by atoms with E-state index < -0.39 is 0 Å². The number of aryl methyl sites for hydroxylation is 1. The van der Waals surface area contributed by atoms with Crippen LogP contribution < -0.4 is 0 Å². The zero-order valence-electron chi connectivity index (χ0n) is 16.5. The molecule has 0 aliphatic rings. The van der Waals surface area contributed by atoms with Gasteiger partial charge in [-0.1, -0.05) is 84.7 Å². The lowest BCUT2D eigenvalue weighted by molar-refractivity contribution is 0.953. The molecule has 0 bridgehead atoms. The van der Waals surface area contributed by atoms with Crippen LogP contribution in [-0.2, 0) is 7.05 Å². The van der Waals surface area contributed by atoms with Crippen LogP contribution >= 0.6 is 0 Å². The Labute approximate surface area is 156 Å². The molecular formula is C24H37N. The van der Waals surface area contributed by atoms with E-state index >= 15 is 0 Å². The minimum atomic E-state index is 0. The zero-order valence-corrected chi connectivity index (χ0v) is 16.5. The average molecular weight is 340 g/mol. The van der Waals surface area contributed by atoms with Gasteiger partial charge in [0.05, 0.1) is 0 Å². The topological polar surface area (TPSA) is 4.93 Å². The van der Waals surface area contributed by atoms with Crippen molar-refractivity contribution in [3.63, 3.8) is 0 Å². The zero-order chi connectivity index (χ0) is 18.7. The van der Waals surface area contributed by atoms with E-state index in [1.165, 1.54) is 22.0 Å². The molecule has 0 aliphatic carbocycles. The van der Waals surface area contributed by atoms with Gasteiger partial charge in [0, 0.05) is 29.2 Å². The summed E-state index contributed by atoms with van der Waals surface area (Å²) in [5.41, 5.74) is 5.93. The maximum Gasteiger partial charge on any atom is 0.0494 e. The standard InChI is InChI=1S/C19H21N.2C2H6.CH4/c1-6-10-14(7-2)15-11-12-17-16(8-3)18(9-4)20(5)19(17)13-15;2*1-2;/h6-13H,3-4H2,1-2,5H3;2*1-2H3;1H4/b10-6-,14-7+;;;. The van der Waals surface area contributed by atoms with E-state index in [1.54, 1.807) is 0 Å². The largest absolute Gasteiger partial charge is 0.344 e. The van der Waals surface area contributed by atoms with Crippen molar-refractivity contribution >= 4 is 28.6 Å². The van der Waals surface area contributed by atoms with Gasteiger partial charge < -0.3 is 4.57 Å². The molecule has 2 aromatic rings. The Morgan fingerprint density at radius 3 is 2.04 bits per heavy atom. The predicted molar refractivity (Wildman–Crippen MR) is 121 cm³/mol. The minimum absolute atomic E-state index is 0. The number of hydrogen-bond donors (Lipinski definition) is 0. The summed E-state index contributed by atoms with van der Waals surface area (Å²) in [4.78, 5) is 0. The molecule has 0 atom stereocenters. The Bertz CT molecular complexity index is 724. The maximum absolute atomic E-state index is 3.92. The molecule has 2 rings (SSSR count). The number of allylic oxidation sites excluding steroid dienone is 4. The first-order valence-corrected chi connectivity index (χ1v) is 8.84. The van der Waals surface area contributed by atoms with Crippen LogP contribution in [0.1, 0.15) is 65.8 Å². The SMILES string of the molecule is C.C=Cc1c(C=C)n(C)c2cc(C(/C=C\C)=C/C)ccc12.CC.CC. The highest BCUT2D eigenvalue weighted by molar-refractivity contribution is 5.95. The van der Waals surface area contributed by atoms with Gasteiger partial charge in [-0.05, 0) is 37.1 Å². The Morgan fingerprint density at radius 1 is 1.00 bits per heavy atom. The van der Waals surface area contributed by atoms with Crippen molar-refractivity contribution in [2.24, 2.45) is 7.05 Å². The van der Waals surface area contributed by atoms with Gasteiger partial charge in [-0.2, -0.15) is 0 Å². The highest BCUT2D eigenvalue weighted by Gasteiger charge is 2.11. The van der Waals surface area contributed by atoms with Crippen LogP contribution in [-0.4, -0.2) is 4.57 Å². The van der Waals surface area contributed by atoms with Gasteiger partial charge in [-0.3, -0.25) is 0 Å². The normalized spacial score (nSPS) is 10.3. The molecule has 0 saturated carbocycles. The van der Waals surface area contributed by atoms with E-state index in [0.717, 1.165) is 11.3 Å². The molecule has 0 fully saturated rings. The second kappa shape index (κ2) is 13.1. The molecule has 1 aromatic heterocycles. The Kier molecular flexibility index (Phi) is 13.0. The molecule has 0 N–H and O–H groups in total. The summed E-state index contributed by atoms with van der Waals surface area (Å²) in [6.45, 7) is 19.9. The van der Waals surface area contributed by atoms with Crippen molar-refractivity contribution in [2.75, 3.05) is 0 Å². The van der Waals surface area contributed by atoms with Gasteiger partial charge >= 0.3 is 0 Å². The van der Waals surface area contributed by atoms with E-state index in [9.17, 15) is 0 Å². The van der Waals surface area contributed by atoms with Gasteiger partial charge in [-0.15, -0.1) is 0 Å². The molecule has 25 heavy (non-hydrogen) atoms. The van der Waals surface area contributed by atoms with Crippen LogP contribution in [0.15, 0.2) is 49.6 Å². The van der Waals surface area contributed by atoms with Crippen molar-refractivity contribution in [2.45, 2.75) is 49.0 Å². The number of hydrogen-bond acceptors (Lipinski definition) is 0. The highest BCUT2D eigenvalue weighted by Crippen LogP contribution is 2.30. The Hall–Kier alpha value is -2.28. The van der Waals surface area contributed by atoms with Crippen LogP contribution in [0.2, 0.25) is 0 Å². The molecular weight excluding hydrogens is 302 g/mol. The van der Waals surface area contributed by atoms with Gasteiger partial charge in [-0.25, -0.2) is 0 Å². The minimum Gasteiger partial charge on any atom is -0.344 e. The van der Waals surface area contributed by atoms with Crippen molar-refractivity contribution in [3.05, 3.63) is 66.4 Å². The molecule has 0 spiro atoms. The number of benzene rings is 1. The average Bonchev–Trinajstić information content (AvgIpc) is 2.93. The molecule has 0 aliphatic heterocycles. The number of nitrogens with zero attached hydrogens (tertiary/aromatic N) is 1. The van der Waals surface area contributed by atoms with Crippen LogP contribution in [0.3, 0.4) is 0 Å². The Morgan fingerprint density at radius 2 is 1.60 bits per heavy atom. The fraction of sp³-hybridized carbons (Fsp3) is 0.333. The fourth-order valence-electron chi connectivity index (χ4n) is 2.66. The van der Waals surface area contributed by atoms with Gasteiger partial charge in [0.1, 0.15) is 0 Å². The first kappa shape index (κ1) is 25.0. The molecule has 0 unspecified atom stereocenters. The molecule has 1 nitrogen and oxygen atoms in total. The highest BCUT2D eigenvalue weighted by atomic mass is 14.9. The summed E-state index contributed by atoms with van der Waals surface area (Å²) in [7, 11) is 2.07. The van der Waals surface area contributed by atoms with Crippen LogP contribution in [0, 0.1) is 0 Å². The van der Waals surface area contributed by atoms with Gasteiger partial charge in [0.2, 0.25) is 0 Å². The summed E-state index contributed by atoms with van der Waals surface area (Å²) >= 11 is 0. The summed E-state index contributed by atoms with van der Waals surface area (Å²) in [5.74, 6) is 0. The number of rotatable bonds is 4. The third kappa shape index (κ3) is 5.35. The van der Waals surface area contributed by atoms with Crippen molar-refractivity contribution in [3.8, 4) is 0 Å². The van der Waals surface area contributed by atoms with Crippen molar-refractivity contribution in [1.29, 1.82) is 0 Å². The summed E-state index contributed by atoms with van der Waals surface area (Å²) in [6.07, 6.45) is 10.1. The van der Waals surface area contributed by atoms with Crippen molar-refractivity contribution < 1.29 is 0 Å². The third-order valence-electron chi connectivity index (χ3n) is 3.67. The molecule has 1 aromatic carbocycles. The van der Waals surface area contributed by atoms with Crippen LogP contribution in [0.5, 0.6) is 0 Å². The second-order valence-electron chi connectivity index (χ2n) is 4.74. The number of aromatic nitrogens is 1. The maximum atomic E-state index is 3.92. The van der Waals surface area contributed by atoms with E-state index in [1.807, 2.05) is 46.8 Å². The lowest BCUT2D eigenvalue weighted by atomic mass is 10.0. The first-order valence-electron chi connectivity index (χ1n) is 8.84. The van der Waals surface area contributed by atoms with E-state index in [-0.39, 0.29) is 7.43 Å². The van der Waals surface area contributed by atoms with E-state index in [4.69, 9.17) is 0 Å². The molecule has 1 heterocycles. The first-order chi connectivity index (χ1) is 11.7. The summed E-state index contributed by atoms with van der Waals surface area (Å²) in [5, 5.41) is 1.22. The van der Waals surface area contributed by atoms with E-state index in [0.29, 0.717) is 0 Å². The molecule has 138 valence electrons. The van der Waals surface area contributed by atoms with Crippen molar-refractivity contribution in [1.82, 2.24) is 4.57 Å². The third-order valence-corrected chi connectivity index (χ3v) is 3.67. The van der Waals surface area contributed by atoms with E-state index in [2.05, 4.69) is 68.1 Å².